The third-order valence-electron chi connectivity index (χ3n) is 2.98. The van der Waals surface area contributed by atoms with Crippen LogP contribution >= 0.6 is 0 Å². The van der Waals surface area contributed by atoms with Crippen LogP contribution in [0.4, 0.5) is 0 Å². The third kappa shape index (κ3) is 3.27. The smallest absolute Gasteiger partial charge is 0.339 e. The lowest BCUT2D eigenvalue weighted by Crippen LogP contribution is -2.27. The maximum absolute atomic E-state index is 11.5. The van der Waals surface area contributed by atoms with E-state index in [0.29, 0.717) is 17.8 Å². The quantitative estimate of drug-likeness (QED) is 0.794. The van der Waals surface area contributed by atoms with Crippen molar-refractivity contribution < 1.29 is 14.3 Å². The summed E-state index contributed by atoms with van der Waals surface area (Å²) in [6.07, 6.45) is 4.19. The molecule has 1 atom stereocenters. The molecule has 1 N–H and O–H groups in total. The van der Waals surface area contributed by atoms with Gasteiger partial charge in [0.25, 0.3) is 0 Å². The molecule has 5 heteroatoms. The van der Waals surface area contributed by atoms with E-state index in [1.807, 2.05) is 0 Å². The monoisotopic (exact) mass is 250 g/mol. The van der Waals surface area contributed by atoms with Gasteiger partial charge in [-0.1, -0.05) is 0 Å². The summed E-state index contributed by atoms with van der Waals surface area (Å²) in [5.41, 5.74) is 1.22. The second-order valence-corrected chi connectivity index (χ2v) is 4.26. The molecule has 1 saturated heterocycles. The number of pyridine rings is 1. The highest BCUT2D eigenvalue weighted by molar-refractivity contribution is 5.90. The predicted octanol–water partition coefficient (Wildman–Crippen LogP) is 1.14. The molecule has 1 fully saturated rings. The number of carbonyl (C=O) groups excluding carboxylic acids is 1. The van der Waals surface area contributed by atoms with Crippen LogP contribution in [-0.2, 0) is 16.0 Å². The molecule has 2 heterocycles. The Morgan fingerprint density at radius 3 is 3.28 bits per heavy atom. The van der Waals surface area contributed by atoms with Crippen molar-refractivity contribution in [2.24, 2.45) is 0 Å². The normalized spacial score (nSPS) is 18.8. The molecular weight excluding hydrogens is 232 g/mol. The topological polar surface area (TPSA) is 60.5 Å². The van der Waals surface area contributed by atoms with Crippen molar-refractivity contribution in [3.63, 3.8) is 0 Å². The first-order chi connectivity index (χ1) is 8.81. The fraction of sp³-hybridized carbons (Fsp3) is 0.538. The lowest BCUT2D eigenvalue weighted by atomic mass is 10.2. The number of methoxy groups -OCH3 is 1. The first kappa shape index (κ1) is 13.0. The van der Waals surface area contributed by atoms with Crippen LogP contribution in [0.15, 0.2) is 18.3 Å². The van der Waals surface area contributed by atoms with E-state index >= 15 is 0 Å². The van der Waals surface area contributed by atoms with Crippen molar-refractivity contribution in [3.05, 3.63) is 29.6 Å². The van der Waals surface area contributed by atoms with E-state index < -0.39 is 0 Å². The van der Waals surface area contributed by atoms with Crippen LogP contribution in [0.1, 0.15) is 28.9 Å². The average molecular weight is 250 g/mol. The molecule has 1 aliphatic rings. The summed E-state index contributed by atoms with van der Waals surface area (Å²) in [4.78, 5) is 15.7. The van der Waals surface area contributed by atoms with Crippen molar-refractivity contribution >= 4 is 5.97 Å². The third-order valence-corrected chi connectivity index (χ3v) is 2.98. The summed E-state index contributed by atoms with van der Waals surface area (Å²) in [5.74, 6) is -0.350. The van der Waals surface area contributed by atoms with E-state index in [1.54, 1.807) is 18.3 Å². The Kier molecular flexibility index (Phi) is 4.66. The average Bonchev–Trinajstić information content (AvgIpc) is 2.92. The highest BCUT2D eigenvalue weighted by Crippen LogP contribution is 2.11. The lowest BCUT2D eigenvalue weighted by molar-refractivity contribution is 0.0598. The molecule has 2 rings (SSSR count). The molecule has 0 amide bonds. The molecule has 0 spiro atoms. The second kappa shape index (κ2) is 6.47. The SMILES string of the molecule is COC(=O)c1cccnc1CNCC1CCCO1. The number of rotatable bonds is 5. The van der Waals surface area contributed by atoms with E-state index in [4.69, 9.17) is 9.47 Å². The van der Waals surface area contributed by atoms with Crippen LogP contribution in [0.2, 0.25) is 0 Å². The van der Waals surface area contributed by atoms with Gasteiger partial charge < -0.3 is 14.8 Å². The molecule has 0 aromatic carbocycles. The van der Waals surface area contributed by atoms with Gasteiger partial charge in [0.1, 0.15) is 0 Å². The van der Waals surface area contributed by atoms with Gasteiger partial charge in [-0.05, 0) is 25.0 Å². The summed E-state index contributed by atoms with van der Waals surface area (Å²) < 4.78 is 10.2. The van der Waals surface area contributed by atoms with Crippen LogP contribution in [-0.4, -0.2) is 37.3 Å². The first-order valence-electron chi connectivity index (χ1n) is 6.16. The summed E-state index contributed by atoms with van der Waals surface area (Å²) in [6.45, 7) is 2.19. The molecule has 0 saturated carbocycles. The van der Waals surface area contributed by atoms with Gasteiger partial charge in [-0.2, -0.15) is 0 Å². The molecule has 1 aliphatic heterocycles. The van der Waals surface area contributed by atoms with E-state index in [9.17, 15) is 4.79 Å². The van der Waals surface area contributed by atoms with E-state index in [-0.39, 0.29) is 12.1 Å². The zero-order chi connectivity index (χ0) is 12.8. The van der Waals surface area contributed by atoms with Gasteiger partial charge in [0.2, 0.25) is 0 Å². The molecule has 1 aromatic heterocycles. The highest BCUT2D eigenvalue weighted by atomic mass is 16.5. The van der Waals surface area contributed by atoms with Crippen LogP contribution in [0.25, 0.3) is 0 Å². The van der Waals surface area contributed by atoms with E-state index in [0.717, 1.165) is 26.0 Å². The standard InChI is InChI=1S/C13H18N2O3/c1-17-13(16)11-5-2-6-15-12(11)9-14-8-10-4-3-7-18-10/h2,5-6,10,14H,3-4,7-9H2,1H3. The minimum Gasteiger partial charge on any atom is -0.465 e. The number of esters is 1. The lowest BCUT2D eigenvalue weighted by Gasteiger charge is -2.11. The van der Waals surface area contributed by atoms with Gasteiger partial charge >= 0.3 is 5.97 Å². The van der Waals surface area contributed by atoms with Gasteiger partial charge in [0.15, 0.2) is 0 Å². The van der Waals surface area contributed by atoms with Crippen LogP contribution in [0.3, 0.4) is 0 Å². The maximum Gasteiger partial charge on any atom is 0.339 e. The van der Waals surface area contributed by atoms with Gasteiger partial charge in [-0.15, -0.1) is 0 Å². The van der Waals surface area contributed by atoms with Crippen molar-refractivity contribution in [2.45, 2.75) is 25.5 Å². The Balaban J connectivity index is 1.89. The molecule has 0 radical (unpaired) electrons. The largest absolute Gasteiger partial charge is 0.465 e. The van der Waals surface area contributed by atoms with Crippen LogP contribution < -0.4 is 5.32 Å². The number of nitrogens with one attached hydrogen (secondary N) is 1. The number of carbonyl (C=O) groups is 1. The molecule has 0 aliphatic carbocycles. The summed E-state index contributed by atoms with van der Waals surface area (Å²) in [6, 6.07) is 3.46. The molecular formula is C13H18N2O3. The molecule has 98 valence electrons. The summed E-state index contributed by atoms with van der Waals surface area (Å²) in [7, 11) is 1.37. The van der Waals surface area contributed by atoms with Crippen molar-refractivity contribution in [1.82, 2.24) is 10.3 Å². The summed E-state index contributed by atoms with van der Waals surface area (Å²) in [5, 5.41) is 3.27. The Labute approximate surface area is 107 Å². The Bertz CT molecular complexity index is 403. The summed E-state index contributed by atoms with van der Waals surface area (Å²) >= 11 is 0. The Morgan fingerprint density at radius 1 is 1.67 bits per heavy atom. The van der Waals surface area contributed by atoms with Gasteiger partial charge in [-0.25, -0.2) is 4.79 Å². The number of hydrogen-bond acceptors (Lipinski definition) is 5. The number of hydrogen-bond donors (Lipinski definition) is 1. The predicted molar refractivity (Wildman–Crippen MR) is 66.3 cm³/mol. The fourth-order valence-electron chi connectivity index (χ4n) is 2.03. The molecule has 5 nitrogen and oxygen atoms in total. The highest BCUT2D eigenvalue weighted by Gasteiger charge is 2.16. The zero-order valence-electron chi connectivity index (χ0n) is 10.5. The van der Waals surface area contributed by atoms with Gasteiger partial charge in [-0.3, -0.25) is 4.98 Å². The van der Waals surface area contributed by atoms with Crippen LogP contribution in [0, 0.1) is 0 Å². The van der Waals surface area contributed by atoms with Gasteiger partial charge in [0, 0.05) is 25.9 Å². The van der Waals surface area contributed by atoms with E-state index in [2.05, 4.69) is 10.3 Å². The Morgan fingerprint density at radius 2 is 2.56 bits per heavy atom. The maximum atomic E-state index is 11.5. The zero-order valence-corrected chi connectivity index (χ0v) is 10.5. The molecule has 18 heavy (non-hydrogen) atoms. The van der Waals surface area contributed by atoms with E-state index in [1.165, 1.54) is 7.11 Å². The van der Waals surface area contributed by atoms with Gasteiger partial charge in [0.05, 0.1) is 24.5 Å². The number of aromatic nitrogens is 1. The molecule has 1 unspecified atom stereocenters. The first-order valence-corrected chi connectivity index (χ1v) is 6.16. The van der Waals surface area contributed by atoms with Crippen molar-refractivity contribution in [3.8, 4) is 0 Å². The number of nitrogens with zero attached hydrogens (tertiary/aromatic N) is 1. The van der Waals surface area contributed by atoms with Crippen molar-refractivity contribution in [1.29, 1.82) is 0 Å². The fourth-order valence-corrected chi connectivity index (χ4v) is 2.03. The minimum absolute atomic E-state index is 0.287. The van der Waals surface area contributed by atoms with Crippen molar-refractivity contribution in [2.75, 3.05) is 20.3 Å². The Hall–Kier alpha value is -1.46. The number of ether oxygens (including phenoxy) is 2. The molecule has 1 aromatic rings. The molecule has 0 bridgehead atoms. The minimum atomic E-state index is -0.350. The van der Waals surface area contributed by atoms with Crippen LogP contribution in [0.5, 0.6) is 0 Å². The second-order valence-electron chi connectivity index (χ2n) is 4.26.